The Kier molecular flexibility index (Phi) is 5.29. The van der Waals surface area contributed by atoms with Crippen molar-refractivity contribution in [2.75, 3.05) is 31.6 Å². The van der Waals surface area contributed by atoms with Gasteiger partial charge in [-0.15, -0.1) is 5.10 Å². The van der Waals surface area contributed by atoms with Crippen molar-refractivity contribution in [1.82, 2.24) is 25.2 Å². The molecule has 0 unspecified atom stereocenters. The first-order chi connectivity index (χ1) is 9.96. The number of carbonyl (C=O) groups is 1. The van der Waals surface area contributed by atoms with Crippen LogP contribution < -0.4 is 5.32 Å². The zero-order chi connectivity index (χ0) is 15.3. The van der Waals surface area contributed by atoms with E-state index in [9.17, 15) is 13.2 Å². The van der Waals surface area contributed by atoms with Crippen LogP contribution in [0.15, 0.2) is 12.4 Å². The van der Waals surface area contributed by atoms with Crippen LogP contribution in [0.3, 0.4) is 0 Å². The van der Waals surface area contributed by atoms with Crippen molar-refractivity contribution < 1.29 is 13.2 Å². The summed E-state index contributed by atoms with van der Waals surface area (Å²) in [6.45, 7) is 1.50. The summed E-state index contributed by atoms with van der Waals surface area (Å²) >= 11 is 0. The summed E-state index contributed by atoms with van der Waals surface area (Å²) < 4.78 is 24.5. The van der Waals surface area contributed by atoms with E-state index >= 15 is 0 Å². The van der Waals surface area contributed by atoms with Gasteiger partial charge in [-0.05, 0) is 19.9 Å². The van der Waals surface area contributed by atoms with Crippen LogP contribution in [0.25, 0.3) is 0 Å². The van der Waals surface area contributed by atoms with Crippen LogP contribution in [0.4, 0.5) is 0 Å². The first-order valence-corrected chi connectivity index (χ1v) is 8.80. The third kappa shape index (κ3) is 5.09. The summed E-state index contributed by atoms with van der Waals surface area (Å²) in [5.41, 5.74) is 0. The van der Waals surface area contributed by atoms with Crippen LogP contribution in [-0.4, -0.2) is 71.9 Å². The van der Waals surface area contributed by atoms with Crippen LogP contribution in [0.5, 0.6) is 0 Å². The normalized spacial score (nSPS) is 20.8. The van der Waals surface area contributed by atoms with E-state index in [0.29, 0.717) is 19.5 Å². The average Bonchev–Trinajstić information content (AvgIpc) is 3.04. The predicted molar refractivity (Wildman–Crippen MR) is 77.3 cm³/mol. The van der Waals surface area contributed by atoms with Crippen molar-refractivity contribution in [2.24, 2.45) is 0 Å². The molecule has 2 heterocycles. The molecule has 1 fully saturated rings. The standard InChI is InChI=1S/C12H21N5O3S/c1-16(11-3-8-21(19,20)10-11)9-12(18)13-4-2-6-17-7-5-14-15-17/h5,7,11H,2-4,6,8-10H2,1H3,(H,13,18)/t11-/m1/s1. The quantitative estimate of drug-likeness (QED) is 0.642. The summed E-state index contributed by atoms with van der Waals surface area (Å²) in [6.07, 6.45) is 4.77. The second kappa shape index (κ2) is 6.99. The topological polar surface area (TPSA) is 97.2 Å². The first kappa shape index (κ1) is 15.9. The van der Waals surface area contributed by atoms with E-state index < -0.39 is 9.84 Å². The van der Waals surface area contributed by atoms with Crippen molar-refractivity contribution in [2.45, 2.75) is 25.4 Å². The SMILES string of the molecule is CN(CC(=O)NCCCn1ccnn1)[C@@H]1CCS(=O)(=O)C1. The van der Waals surface area contributed by atoms with E-state index in [1.165, 1.54) is 0 Å². The van der Waals surface area contributed by atoms with Gasteiger partial charge in [0.15, 0.2) is 9.84 Å². The molecule has 21 heavy (non-hydrogen) atoms. The minimum atomic E-state index is -2.91. The second-order valence-corrected chi connectivity index (χ2v) is 7.57. The molecule has 0 aromatic carbocycles. The van der Waals surface area contributed by atoms with Crippen LogP contribution >= 0.6 is 0 Å². The van der Waals surface area contributed by atoms with Gasteiger partial charge in [0.2, 0.25) is 5.91 Å². The molecule has 9 heteroatoms. The molecule has 1 aromatic heterocycles. The fourth-order valence-electron chi connectivity index (χ4n) is 2.36. The van der Waals surface area contributed by atoms with Crippen LogP contribution in [0.1, 0.15) is 12.8 Å². The highest BCUT2D eigenvalue weighted by atomic mass is 32.2. The first-order valence-electron chi connectivity index (χ1n) is 6.98. The monoisotopic (exact) mass is 315 g/mol. The molecule has 118 valence electrons. The molecule has 1 aliphatic rings. The molecule has 1 aliphatic heterocycles. The number of nitrogens with one attached hydrogen (secondary N) is 1. The van der Waals surface area contributed by atoms with Crippen molar-refractivity contribution in [3.8, 4) is 0 Å². The van der Waals surface area contributed by atoms with Gasteiger partial charge in [0.05, 0.1) is 24.2 Å². The summed E-state index contributed by atoms with van der Waals surface area (Å²) in [4.78, 5) is 13.6. The van der Waals surface area contributed by atoms with Gasteiger partial charge in [0.1, 0.15) is 0 Å². The Hall–Kier alpha value is -1.48. The zero-order valence-electron chi connectivity index (χ0n) is 12.1. The molecule has 8 nitrogen and oxygen atoms in total. The zero-order valence-corrected chi connectivity index (χ0v) is 12.9. The van der Waals surface area contributed by atoms with E-state index in [4.69, 9.17) is 0 Å². The fraction of sp³-hybridized carbons (Fsp3) is 0.750. The average molecular weight is 315 g/mol. The Bertz CT molecular complexity index is 557. The molecule has 0 bridgehead atoms. The van der Waals surface area contributed by atoms with Gasteiger partial charge >= 0.3 is 0 Å². The van der Waals surface area contributed by atoms with Gasteiger partial charge in [0, 0.05) is 25.3 Å². The van der Waals surface area contributed by atoms with Gasteiger partial charge < -0.3 is 5.32 Å². The lowest BCUT2D eigenvalue weighted by atomic mass is 10.2. The lowest BCUT2D eigenvalue weighted by molar-refractivity contribution is -0.122. The molecule has 0 spiro atoms. The predicted octanol–water partition coefficient (Wildman–Crippen LogP) is -1.10. The highest BCUT2D eigenvalue weighted by Gasteiger charge is 2.31. The molecule has 1 N–H and O–H groups in total. The van der Waals surface area contributed by atoms with Crippen molar-refractivity contribution in [1.29, 1.82) is 0 Å². The second-order valence-electron chi connectivity index (χ2n) is 5.34. The number of nitrogens with zero attached hydrogens (tertiary/aromatic N) is 4. The van der Waals surface area contributed by atoms with Crippen LogP contribution in [-0.2, 0) is 21.2 Å². The number of aromatic nitrogens is 3. The van der Waals surface area contributed by atoms with E-state index in [-0.39, 0.29) is 30.0 Å². The molecular formula is C12H21N5O3S. The highest BCUT2D eigenvalue weighted by molar-refractivity contribution is 7.91. The number of amides is 1. The summed E-state index contributed by atoms with van der Waals surface area (Å²) in [5.74, 6) is 0.297. The number of hydrogen-bond donors (Lipinski definition) is 1. The largest absolute Gasteiger partial charge is 0.355 e. The summed E-state index contributed by atoms with van der Waals surface area (Å²) in [5, 5.41) is 10.4. The third-order valence-corrected chi connectivity index (χ3v) is 5.33. The summed E-state index contributed by atoms with van der Waals surface area (Å²) in [6, 6.07) is -0.0455. The lowest BCUT2D eigenvalue weighted by Gasteiger charge is -2.22. The van der Waals surface area contributed by atoms with Crippen molar-refractivity contribution in [3.63, 3.8) is 0 Å². The Morgan fingerprint density at radius 1 is 1.52 bits per heavy atom. The Morgan fingerprint density at radius 3 is 2.95 bits per heavy atom. The molecule has 1 saturated heterocycles. The highest BCUT2D eigenvalue weighted by Crippen LogP contribution is 2.15. The molecule has 0 radical (unpaired) electrons. The minimum Gasteiger partial charge on any atom is -0.355 e. The van der Waals surface area contributed by atoms with E-state index in [1.54, 1.807) is 24.1 Å². The maximum atomic E-state index is 11.8. The molecular weight excluding hydrogens is 294 g/mol. The van der Waals surface area contributed by atoms with Crippen molar-refractivity contribution >= 4 is 15.7 Å². The molecule has 1 aromatic rings. The lowest BCUT2D eigenvalue weighted by Crippen LogP contribution is -2.41. The van der Waals surface area contributed by atoms with Crippen molar-refractivity contribution in [3.05, 3.63) is 12.4 Å². The smallest absolute Gasteiger partial charge is 0.234 e. The van der Waals surface area contributed by atoms with Gasteiger partial charge in [-0.3, -0.25) is 14.4 Å². The van der Waals surface area contributed by atoms with E-state index in [0.717, 1.165) is 6.42 Å². The molecule has 0 aliphatic carbocycles. The fourth-order valence-corrected chi connectivity index (χ4v) is 4.16. The van der Waals surface area contributed by atoms with Gasteiger partial charge in [0.25, 0.3) is 0 Å². The number of hydrogen-bond acceptors (Lipinski definition) is 6. The minimum absolute atomic E-state index is 0.0455. The molecule has 1 atom stereocenters. The Balaban J connectivity index is 1.63. The van der Waals surface area contributed by atoms with Crippen LogP contribution in [0.2, 0.25) is 0 Å². The van der Waals surface area contributed by atoms with E-state index in [1.807, 2.05) is 4.90 Å². The van der Waals surface area contributed by atoms with E-state index in [2.05, 4.69) is 15.6 Å². The molecule has 2 rings (SSSR count). The number of likely N-dealkylation sites (N-methyl/N-ethyl adjacent to an activating group) is 1. The Labute approximate surface area is 124 Å². The maximum Gasteiger partial charge on any atom is 0.234 e. The number of aryl methyl sites for hydroxylation is 1. The summed E-state index contributed by atoms with van der Waals surface area (Å²) in [7, 11) is -1.12. The van der Waals surface area contributed by atoms with Gasteiger partial charge in [-0.2, -0.15) is 0 Å². The number of sulfone groups is 1. The maximum absolute atomic E-state index is 11.8. The molecule has 0 saturated carbocycles. The van der Waals surface area contributed by atoms with Crippen LogP contribution in [0, 0.1) is 0 Å². The number of carbonyl (C=O) groups excluding carboxylic acids is 1. The van der Waals surface area contributed by atoms with Gasteiger partial charge in [-0.1, -0.05) is 5.21 Å². The Morgan fingerprint density at radius 2 is 2.33 bits per heavy atom. The number of rotatable bonds is 7. The van der Waals surface area contributed by atoms with Gasteiger partial charge in [-0.25, -0.2) is 8.42 Å². The molecule has 1 amide bonds. The third-order valence-electron chi connectivity index (χ3n) is 3.58.